The van der Waals surface area contributed by atoms with Gasteiger partial charge in [0.1, 0.15) is 11.6 Å². The van der Waals surface area contributed by atoms with Crippen LogP contribution >= 0.6 is 0 Å². The van der Waals surface area contributed by atoms with Gasteiger partial charge in [-0.15, -0.1) is 5.10 Å². The number of aryl methyl sites for hydroxylation is 2. The first kappa shape index (κ1) is 21.9. The third-order valence-electron chi connectivity index (χ3n) is 4.44. The fourth-order valence-electron chi connectivity index (χ4n) is 3.15. The Morgan fingerprint density at radius 1 is 1.30 bits per heavy atom. The van der Waals surface area contributed by atoms with E-state index in [9.17, 15) is 13.2 Å². The molecule has 3 aromatic rings. The van der Waals surface area contributed by atoms with Gasteiger partial charge in [0.25, 0.3) is 5.56 Å². The molecule has 0 fully saturated rings. The van der Waals surface area contributed by atoms with Crippen LogP contribution < -0.4 is 15.0 Å². The van der Waals surface area contributed by atoms with Gasteiger partial charge in [0.15, 0.2) is 11.3 Å². The maximum atomic E-state index is 12.7. The topological polar surface area (TPSA) is 139 Å². The minimum Gasteiger partial charge on any atom is -0.493 e. The zero-order chi connectivity index (χ0) is 21.9. The van der Waals surface area contributed by atoms with Crippen LogP contribution in [0.1, 0.15) is 31.8 Å². The van der Waals surface area contributed by atoms with Crippen molar-refractivity contribution in [2.45, 2.75) is 38.5 Å². The summed E-state index contributed by atoms with van der Waals surface area (Å²) in [6.07, 6.45) is 1.47. The fourth-order valence-corrected chi connectivity index (χ4v) is 4.20. The van der Waals surface area contributed by atoms with E-state index in [1.807, 2.05) is 6.92 Å². The number of ether oxygens (including phenoxy) is 1. The summed E-state index contributed by atoms with van der Waals surface area (Å²) in [4.78, 5) is 19.9. The van der Waals surface area contributed by atoms with Gasteiger partial charge in [0.2, 0.25) is 10.0 Å². The van der Waals surface area contributed by atoms with E-state index >= 15 is 0 Å². The summed E-state index contributed by atoms with van der Waals surface area (Å²) in [5, 5.41) is 13.5. The molecule has 0 spiro atoms. The summed E-state index contributed by atoms with van der Waals surface area (Å²) in [7, 11) is -3.85. The normalized spacial score (nSPS) is 11.9. The van der Waals surface area contributed by atoms with Gasteiger partial charge in [-0.1, -0.05) is 6.92 Å². The number of fused-ring (bicyclic) bond motifs is 1. The smallest absolute Gasteiger partial charge is 0.277 e. The minimum atomic E-state index is -3.85. The number of hydrogen-bond donors (Lipinski definition) is 3. The van der Waals surface area contributed by atoms with E-state index in [4.69, 9.17) is 9.84 Å². The second-order valence-electron chi connectivity index (χ2n) is 6.64. The largest absolute Gasteiger partial charge is 0.493 e. The van der Waals surface area contributed by atoms with Gasteiger partial charge in [0.05, 0.1) is 29.4 Å². The first-order chi connectivity index (χ1) is 14.3. The number of aromatic nitrogens is 4. The zero-order valence-electron chi connectivity index (χ0n) is 17.1. The number of benzene rings is 1. The lowest BCUT2D eigenvalue weighted by Crippen LogP contribution is -2.26. The molecule has 0 aliphatic rings. The third kappa shape index (κ3) is 4.23. The molecule has 0 atom stereocenters. The number of aliphatic hydroxyl groups is 1. The summed E-state index contributed by atoms with van der Waals surface area (Å²) in [5.74, 6) is 1.21. The minimum absolute atomic E-state index is 0.0345. The molecule has 162 valence electrons. The monoisotopic (exact) mass is 435 g/mol. The quantitative estimate of drug-likeness (QED) is 0.456. The standard InChI is InChI=1S/C19H25N5O5S/c1-4-6-16-21-12(3)17-19(26)22-18(23-24(16)17)14-11-13(7-8-15(14)29-5-2)30(27,28)20-9-10-25/h7-8,11,20,25H,4-6,9-10H2,1-3H3,(H,22,23,26). The molecule has 0 unspecified atom stereocenters. The van der Waals surface area contributed by atoms with Crippen LogP contribution in [-0.2, 0) is 16.4 Å². The van der Waals surface area contributed by atoms with E-state index in [2.05, 4.69) is 19.8 Å². The van der Waals surface area contributed by atoms with Gasteiger partial charge in [-0.3, -0.25) is 4.79 Å². The molecule has 0 saturated carbocycles. The van der Waals surface area contributed by atoms with Crippen molar-refractivity contribution in [3.8, 4) is 17.1 Å². The van der Waals surface area contributed by atoms with Crippen molar-refractivity contribution in [2.75, 3.05) is 19.8 Å². The van der Waals surface area contributed by atoms with Gasteiger partial charge in [-0.2, -0.15) is 0 Å². The van der Waals surface area contributed by atoms with Crippen LogP contribution in [0.5, 0.6) is 5.75 Å². The van der Waals surface area contributed by atoms with Crippen LogP contribution in [0.15, 0.2) is 27.9 Å². The highest BCUT2D eigenvalue weighted by Crippen LogP contribution is 2.30. The number of hydrogen-bond acceptors (Lipinski definition) is 7. The summed E-state index contributed by atoms with van der Waals surface area (Å²) >= 11 is 0. The van der Waals surface area contributed by atoms with Crippen LogP contribution in [0.2, 0.25) is 0 Å². The van der Waals surface area contributed by atoms with E-state index in [-0.39, 0.29) is 29.4 Å². The molecule has 30 heavy (non-hydrogen) atoms. The number of nitrogens with zero attached hydrogens (tertiary/aromatic N) is 3. The molecule has 2 heterocycles. The first-order valence-electron chi connectivity index (χ1n) is 9.68. The molecule has 3 rings (SSSR count). The average molecular weight is 436 g/mol. The number of imidazole rings is 1. The highest BCUT2D eigenvalue weighted by Gasteiger charge is 2.20. The Balaban J connectivity index is 2.22. The Hall–Kier alpha value is -2.76. The van der Waals surface area contributed by atoms with Gasteiger partial charge in [0, 0.05) is 13.0 Å². The Bertz CT molecular complexity index is 1220. The number of aliphatic hydroxyl groups excluding tert-OH is 1. The predicted octanol–water partition coefficient (Wildman–Crippen LogP) is 1.01. The maximum Gasteiger partial charge on any atom is 0.277 e. The van der Waals surface area contributed by atoms with E-state index in [1.165, 1.54) is 22.7 Å². The number of H-pyrrole nitrogens is 1. The van der Waals surface area contributed by atoms with Gasteiger partial charge >= 0.3 is 0 Å². The number of sulfonamides is 1. The molecule has 0 aliphatic carbocycles. The van der Waals surface area contributed by atoms with Gasteiger partial charge < -0.3 is 14.8 Å². The molecule has 10 nitrogen and oxygen atoms in total. The second-order valence-corrected chi connectivity index (χ2v) is 8.41. The highest BCUT2D eigenvalue weighted by atomic mass is 32.2. The molecule has 0 saturated heterocycles. The molecule has 0 amide bonds. The van der Waals surface area contributed by atoms with E-state index in [1.54, 1.807) is 13.8 Å². The number of nitrogens with one attached hydrogen (secondary N) is 2. The average Bonchev–Trinajstić information content (AvgIpc) is 3.03. The second kappa shape index (κ2) is 8.94. The summed E-state index contributed by atoms with van der Waals surface area (Å²) in [6.45, 7) is 5.46. The van der Waals surface area contributed by atoms with Crippen LogP contribution in [0, 0.1) is 6.92 Å². The summed E-state index contributed by atoms with van der Waals surface area (Å²) in [5.41, 5.74) is 0.889. The lowest BCUT2D eigenvalue weighted by atomic mass is 10.2. The molecule has 0 bridgehead atoms. The zero-order valence-corrected chi connectivity index (χ0v) is 17.9. The van der Waals surface area contributed by atoms with Crippen molar-refractivity contribution >= 4 is 15.5 Å². The van der Waals surface area contributed by atoms with Crippen molar-refractivity contribution in [3.05, 3.63) is 40.1 Å². The number of rotatable bonds is 9. The van der Waals surface area contributed by atoms with Crippen molar-refractivity contribution in [2.24, 2.45) is 0 Å². The van der Waals surface area contributed by atoms with Crippen molar-refractivity contribution < 1.29 is 18.3 Å². The predicted molar refractivity (Wildman–Crippen MR) is 111 cm³/mol. The molecule has 1 aromatic carbocycles. The number of aromatic amines is 1. The highest BCUT2D eigenvalue weighted by molar-refractivity contribution is 7.89. The van der Waals surface area contributed by atoms with Gasteiger partial charge in [-0.25, -0.2) is 22.6 Å². The third-order valence-corrected chi connectivity index (χ3v) is 5.90. The lowest BCUT2D eigenvalue weighted by Gasteiger charge is -2.13. The Kier molecular flexibility index (Phi) is 6.54. The first-order valence-corrected chi connectivity index (χ1v) is 11.2. The molecule has 11 heteroatoms. The molecule has 0 radical (unpaired) electrons. The molecular formula is C19H25N5O5S. The van der Waals surface area contributed by atoms with Crippen molar-refractivity contribution in [3.63, 3.8) is 0 Å². The molecular weight excluding hydrogens is 410 g/mol. The van der Waals surface area contributed by atoms with Crippen LogP contribution in [-0.4, -0.2) is 52.9 Å². The van der Waals surface area contributed by atoms with Gasteiger partial charge in [-0.05, 0) is 38.5 Å². The van der Waals surface area contributed by atoms with Crippen molar-refractivity contribution in [1.82, 2.24) is 24.3 Å². The fraction of sp³-hybridized carbons (Fsp3) is 0.421. The maximum absolute atomic E-state index is 12.7. The SMILES string of the molecule is CCCc1nc(C)c2c(=O)[nH]c(-c3cc(S(=O)(=O)NCCO)ccc3OCC)nn12. The Labute approximate surface area is 174 Å². The molecule has 2 aromatic heterocycles. The van der Waals surface area contributed by atoms with E-state index in [0.717, 1.165) is 6.42 Å². The Morgan fingerprint density at radius 2 is 2.07 bits per heavy atom. The summed E-state index contributed by atoms with van der Waals surface area (Å²) < 4.78 is 34.4. The van der Waals surface area contributed by atoms with Crippen LogP contribution in [0.3, 0.4) is 0 Å². The van der Waals surface area contributed by atoms with E-state index < -0.39 is 10.0 Å². The van der Waals surface area contributed by atoms with Crippen molar-refractivity contribution in [1.29, 1.82) is 0 Å². The summed E-state index contributed by atoms with van der Waals surface area (Å²) in [6, 6.07) is 4.30. The van der Waals surface area contributed by atoms with E-state index in [0.29, 0.717) is 41.4 Å². The lowest BCUT2D eigenvalue weighted by molar-refractivity contribution is 0.301. The molecule has 3 N–H and O–H groups in total. The van der Waals surface area contributed by atoms with Crippen LogP contribution in [0.25, 0.3) is 16.9 Å². The van der Waals surface area contributed by atoms with Crippen LogP contribution in [0.4, 0.5) is 0 Å². The molecule has 0 aliphatic heterocycles. The Morgan fingerprint density at radius 3 is 2.73 bits per heavy atom.